The predicted octanol–water partition coefficient (Wildman–Crippen LogP) is 1.50. The molecule has 25 heavy (non-hydrogen) atoms. The molecule has 8 nitrogen and oxygen atoms in total. The number of hydrogen-bond donors (Lipinski definition) is 1. The Labute approximate surface area is 148 Å². The fourth-order valence-electron chi connectivity index (χ4n) is 2.68. The molecular formula is C16H17N5O3S. The molecule has 0 bridgehead atoms. The first kappa shape index (κ1) is 17.2. The Balaban J connectivity index is 1.91. The van der Waals surface area contributed by atoms with E-state index in [0.717, 1.165) is 17.1 Å². The number of rotatable bonds is 4. The molecule has 2 heterocycles. The minimum absolute atomic E-state index is 0.287. The van der Waals surface area contributed by atoms with E-state index in [1.165, 1.54) is 0 Å². The summed E-state index contributed by atoms with van der Waals surface area (Å²) in [4.78, 5) is 29.3. The Bertz CT molecular complexity index is 833. The van der Waals surface area contributed by atoms with Gasteiger partial charge in [0.15, 0.2) is 0 Å². The molecule has 0 fully saturated rings. The maximum Gasteiger partial charge on any atom is 0.315 e. The van der Waals surface area contributed by atoms with Crippen molar-refractivity contribution in [2.45, 2.75) is 26.7 Å². The average molecular weight is 359 g/mol. The molecule has 0 radical (unpaired) electrons. The Morgan fingerprint density at radius 3 is 3.04 bits per heavy atom. The third kappa shape index (κ3) is 3.55. The van der Waals surface area contributed by atoms with Crippen molar-refractivity contribution in [1.82, 2.24) is 20.0 Å². The summed E-state index contributed by atoms with van der Waals surface area (Å²) in [6.07, 6.45) is 2.91. The van der Waals surface area contributed by atoms with Crippen LogP contribution in [0.1, 0.15) is 40.0 Å². The number of aromatic nitrogens is 3. The van der Waals surface area contributed by atoms with Crippen LogP contribution in [0, 0.1) is 12.8 Å². The van der Waals surface area contributed by atoms with Crippen molar-refractivity contribution >= 4 is 29.1 Å². The molecule has 0 saturated carbocycles. The lowest BCUT2D eigenvalue weighted by molar-refractivity contribution is -0.145. The lowest BCUT2D eigenvalue weighted by Crippen LogP contribution is -2.34. The minimum atomic E-state index is -0.552. The highest BCUT2D eigenvalue weighted by Gasteiger charge is 2.33. The zero-order valence-corrected chi connectivity index (χ0v) is 14.7. The summed E-state index contributed by atoms with van der Waals surface area (Å²) >= 11 is 0.995. The molecule has 130 valence electrons. The second-order valence-corrected chi connectivity index (χ2v) is 6.23. The normalized spacial score (nSPS) is 17.8. The largest absolute Gasteiger partial charge is 0.465 e. The number of esters is 1. The fourth-order valence-corrected chi connectivity index (χ4v) is 3.22. The highest BCUT2D eigenvalue weighted by Crippen LogP contribution is 2.25. The van der Waals surface area contributed by atoms with Gasteiger partial charge in [0.1, 0.15) is 16.5 Å². The second-order valence-electron chi connectivity index (χ2n) is 5.48. The number of pyridine rings is 1. The first-order chi connectivity index (χ1) is 12.1. The maximum atomic E-state index is 12.3. The molecule has 3 rings (SSSR count). The van der Waals surface area contributed by atoms with E-state index >= 15 is 0 Å². The monoisotopic (exact) mass is 359 g/mol. The molecule has 9 heteroatoms. The van der Waals surface area contributed by atoms with Gasteiger partial charge in [-0.2, -0.15) is 5.10 Å². The third-order valence-electron chi connectivity index (χ3n) is 3.87. The predicted molar refractivity (Wildman–Crippen MR) is 91.3 cm³/mol. The molecule has 0 aromatic carbocycles. The van der Waals surface area contributed by atoms with E-state index in [1.54, 1.807) is 20.0 Å². The molecular weight excluding hydrogens is 342 g/mol. The van der Waals surface area contributed by atoms with Gasteiger partial charge in [-0.1, -0.05) is 10.6 Å². The average Bonchev–Trinajstić information content (AvgIpc) is 3.05. The van der Waals surface area contributed by atoms with Crippen LogP contribution >= 0.6 is 11.5 Å². The van der Waals surface area contributed by atoms with Gasteiger partial charge in [0.2, 0.25) is 0 Å². The molecule has 2 aromatic heterocycles. The van der Waals surface area contributed by atoms with Gasteiger partial charge < -0.3 is 4.74 Å². The van der Waals surface area contributed by atoms with E-state index in [1.807, 2.05) is 12.1 Å². The Hall–Kier alpha value is -2.68. The van der Waals surface area contributed by atoms with Crippen molar-refractivity contribution in [2.24, 2.45) is 11.0 Å². The van der Waals surface area contributed by atoms with Crippen molar-refractivity contribution in [3.63, 3.8) is 0 Å². The van der Waals surface area contributed by atoms with E-state index in [9.17, 15) is 9.59 Å². The Morgan fingerprint density at radius 1 is 1.48 bits per heavy atom. The molecule has 2 aromatic rings. The SMILES string of the molecule is CCOC(=O)C1CCc2cccnc2/C1=N/NC(=O)c1snnc1C. The van der Waals surface area contributed by atoms with Crippen LogP contribution in [0.25, 0.3) is 0 Å². The van der Waals surface area contributed by atoms with Crippen LogP contribution in [-0.4, -0.2) is 38.8 Å². The number of carbonyl (C=O) groups is 2. The minimum Gasteiger partial charge on any atom is -0.465 e. The van der Waals surface area contributed by atoms with Crippen LogP contribution in [0.4, 0.5) is 0 Å². The molecule has 1 atom stereocenters. The first-order valence-electron chi connectivity index (χ1n) is 7.89. The molecule has 0 aliphatic heterocycles. The van der Waals surface area contributed by atoms with Crippen molar-refractivity contribution in [3.8, 4) is 0 Å². The standard InChI is InChI=1S/C16H17N5O3S/c1-3-24-16(23)11-7-6-10-5-4-8-17-12(10)13(11)19-20-15(22)14-9(2)18-21-25-14/h4-5,8,11H,3,6-7H2,1-2H3,(H,20,22)/b19-13+. The van der Waals surface area contributed by atoms with Crippen molar-refractivity contribution < 1.29 is 14.3 Å². The molecule has 1 aliphatic carbocycles. The van der Waals surface area contributed by atoms with Gasteiger partial charge in [-0.25, -0.2) is 5.43 Å². The highest BCUT2D eigenvalue weighted by atomic mass is 32.1. The molecule has 1 N–H and O–H groups in total. The zero-order chi connectivity index (χ0) is 17.8. The first-order valence-corrected chi connectivity index (χ1v) is 8.67. The van der Waals surface area contributed by atoms with Gasteiger partial charge in [0, 0.05) is 6.20 Å². The number of hydrogen-bond acceptors (Lipinski definition) is 8. The Kier molecular flexibility index (Phi) is 5.13. The van der Waals surface area contributed by atoms with Gasteiger partial charge in [0.05, 0.1) is 18.0 Å². The molecule has 1 amide bonds. The summed E-state index contributed by atoms with van der Waals surface area (Å²) in [5, 5.41) is 8.02. The van der Waals surface area contributed by atoms with Gasteiger partial charge in [-0.15, -0.1) is 5.10 Å². The molecule has 0 saturated heterocycles. The topological polar surface area (TPSA) is 106 Å². The number of carbonyl (C=O) groups excluding carboxylic acids is 2. The maximum absolute atomic E-state index is 12.3. The number of hydrazone groups is 1. The van der Waals surface area contributed by atoms with Gasteiger partial charge in [0.25, 0.3) is 5.91 Å². The zero-order valence-electron chi connectivity index (χ0n) is 13.9. The third-order valence-corrected chi connectivity index (χ3v) is 4.70. The second kappa shape index (κ2) is 7.47. The van der Waals surface area contributed by atoms with Crippen molar-refractivity contribution in [3.05, 3.63) is 40.2 Å². The van der Waals surface area contributed by atoms with Crippen LogP contribution in [0.5, 0.6) is 0 Å². The van der Waals surface area contributed by atoms with Gasteiger partial charge in [-0.3, -0.25) is 14.6 Å². The van der Waals surface area contributed by atoms with E-state index in [2.05, 4.69) is 25.1 Å². The summed E-state index contributed by atoms with van der Waals surface area (Å²) in [7, 11) is 0. The molecule has 1 aliphatic rings. The van der Waals surface area contributed by atoms with E-state index in [4.69, 9.17) is 4.74 Å². The fraction of sp³-hybridized carbons (Fsp3) is 0.375. The van der Waals surface area contributed by atoms with E-state index in [-0.39, 0.29) is 12.6 Å². The lowest BCUT2D eigenvalue weighted by atomic mass is 9.85. The summed E-state index contributed by atoms with van der Waals surface area (Å²) < 4.78 is 8.88. The lowest BCUT2D eigenvalue weighted by Gasteiger charge is -2.24. The summed E-state index contributed by atoms with van der Waals surface area (Å²) in [5.41, 5.74) is 5.06. The smallest absolute Gasteiger partial charge is 0.315 e. The van der Waals surface area contributed by atoms with E-state index < -0.39 is 11.8 Å². The number of ether oxygens (including phenoxy) is 1. The van der Waals surface area contributed by atoms with Crippen molar-refractivity contribution in [2.75, 3.05) is 6.61 Å². The highest BCUT2D eigenvalue weighted by molar-refractivity contribution is 7.07. The number of nitrogens with one attached hydrogen (secondary N) is 1. The number of amides is 1. The number of nitrogens with zero attached hydrogens (tertiary/aromatic N) is 4. The van der Waals surface area contributed by atoms with Crippen molar-refractivity contribution in [1.29, 1.82) is 0 Å². The van der Waals surface area contributed by atoms with Crippen LogP contribution in [0.15, 0.2) is 23.4 Å². The van der Waals surface area contributed by atoms with Crippen LogP contribution in [0.3, 0.4) is 0 Å². The van der Waals surface area contributed by atoms with E-state index in [0.29, 0.717) is 34.8 Å². The molecule has 1 unspecified atom stereocenters. The van der Waals surface area contributed by atoms with Crippen LogP contribution in [-0.2, 0) is 16.0 Å². The van der Waals surface area contributed by atoms with Crippen LogP contribution < -0.4 is 5.43 Å². The molecule has 0 spiro atoms. The summed E-state index contributed by atoms with van der Waals surface area (Å²) in [6, 6.07) is 3.78. The summed E-state index contributed by atoms with van der Waals surface area (Å²) in [6.45, 7) is 3.74. The van der Waals surface area contributed by atoms with Gasteiger partial charge in [-0.05, 0) is 49.9 Å². The Morgan fingerprint density at radius 2 is 2.32 bits per heavy atom. The quantitative estimate of drug-likeness (QED) is 0.655. The number of fused-ring (bicyclic) bond motifs is 1. The summed E-state index contributed by atoms with van der Waals surface area (Å²) in [5.74, 6) is -1.32. The number of aryl methyl sites for hydroxylation is 2. The van der Waals surface area contributed by atoms with Crippen LogP contribution in [0.2, 0.25) is 0 Å². The van der Waals surface area contributed by atoms with Gasteiger partial charge >= 0.3 is 5.97 Å².